The van der Waals surface area contributed by atoms with Crippen LogP contribution in [0.4, 0.5) is 0 Å². The highest BCUT2D eigenvalue weighted by atomic mass is 35.5. The summed E-state index contributed by atoms with van der Waals surface area (Å²) in [4.78, 5) is 11.7. The summed E-state index contributed by atoms with van der Waals surface area (Å²) in [7, 11) is -2.99. The maximum absolute atomic E-state index is 11.7. The van der Waals surface area contributed by atoms with E-state index in [1.54, 1.807) is 0 Å². The van der Waals surface area contributed by atoms with Crippen LogP contribution in [0.25, 0.3) is 0 Å². The van der Waals surface area contributed by atoms with E-state index in [1.807, 2.05) is 0 Å². The van der Waals surface area contributed by atoms with Crippen LogP contribution in [0, 0.1) is 5.41 Å². The molecule has 7 heteroatoms. The van der Waals surface area contributed by atoms with Crippen molar-refractivity contribution < 1.29 is 13.2 Å². The first-order valence-electron chi connectivity index (χ1n) is 6.52. The number of sulfone groups is 1. The van der Waals surface area contributed by atoms with Crippen LogP contribution >= 0.6 is 12.4 Å². The number of amides is 1. The van der Waals surface area contributed by atoms with Crippen molar-refractivity contribution in [3.05, 3.63) is 0 Å². The molecule has 1 aliphatic carbocycles. The number of carbonyl (C=O) groups is 1. The van der Waals surface area contributed by atoms with Gasteiger partial charge < -0.3 is 10.6 Å². The molecule has 19 heavy (non-hydrogen) atoms. The van der Waals surface area contributed by atoms with Gasteiger partial charge in [0.15, 0.2) is 0 Å². The first-order chi connectivity index (χ1) is 8.37. The minimum atomic E-state index is -2.99. The standard InChI is InChI=1S/C12H24N2O3S.ClH/c1-3-6-13-7-8-14-11(15)9-12(4-5-12)10-18(2,16)17;/h13H,3-10H2,1-2H3,(H,14,15);1H. The fraction of sp³-hybridized carbons (Fsp3) is 0.917. The van der Waals surface area contributed by atoms with E-state index < -0.39 is 9.84 Å². The predicted octanol–water partition coefficient (Wildman–Crippen LogP) is 0.739. The summed E-state index contributed by atoms with van der Waals surface area (Å²) in [5, 5.41) is 6.02. The lowest BCUT2D eigenvalue weighted by Crippen LogP contribution is -2.34. The van der Waals surface area contributed by atoms with Gasteiger partial charge in [0.2, 0.25) is 5.91 Å². The average Bonchev–Trinajstić information content (AvgIpc) is 2.94. The van der Waals surface area contributed by atoms with Crippen molar-refractivity contribution >= 4 is 28.2 Å². The van der Waals surface area contributed by atoms with E-state index in [0.717, 1.165) is 32.4 Å². The summed E-state index contributed by atoms with van der Waals surface area (Å²) < 4.78 is 22.5. The lowest BCUT2D eigenvalue weighted by Gasteiger charge is -2.13. The number of rotatable bonds is 9. The van der Waals surface area contributed by atoms with Gasteiger partial charge in [-0.2, -0.15) is 0 Å². The fourth-order valence-electron chi connectivity index (χ4n) is 2.10. The first-order valence-corrected chi connectivity index (χ1v) is 8.58. The Labute approximate surface area is 122 Å². The Morgan fingerprint density at radius 2 is 1.84 bits per heavy atom. The second-order valence-corrected chi connectivity index (χ2v) is 7.49. The summed E-state index contributed by atoms with van der Waals surface area (Å²) in [6.45, 7) is 4.41. The van der Waals surface area contributed by atoms with Crippen molar-refractivity contribution in [2.75, 3.05) is 31.6 Å². The highest BCUT2D eigenvalue weighted by Gasteiger charge is 2.46. The molecule has 0 bridgehead atoms. The minimum Gasteiger partial charge on any atom is -0.355 e. The number of nitrogens with one attached hydrogen (secondary N) is 2. The second kappa shape index (κ2) is 8.07. The van der Waals surface area contributed by atoms with Gasteiger partial charge in [-0.05, 0) is 31.2 Å². The van der Waals surface area contributed by atoms with Gasteiger partial charge in [0.25, 0.3) is 0 Å². The van der Waals surface area contributed by atoms with Crippen molar-refractivity contribution in [2.24, 2.45) is 5.41 Å². The molecule has 0 atom stereocenters. The third-order valence-corrected chi connectivity index (χ3v) is 4.25. The monoisotopic (exact) mass is 312 g/mol. The smallest absolute Gasteiger partial charge is 0.220 e. The van der Waals surface area contributed by atoms with Crippen molar-refractivity contribution in [3.8, 4) is 0 Å². The van der Waals surface area contributed by atoms with Gasteiger partial charge >= 0.3 is 0 Å². The number of hydrogen-bond donors (Lipinski definition) is 2. The zero-order chi connectivity index (χ0) is 13.6. The maximum atomic E-state index is 11.7. The van der Waals surface area contributed by atoms with Crippen molar-refractivity contribution in [1.82, 2.24) is 10.6 Å². The Bertz CT molecular complexity index is 380. The van der Waals surface area contributed by atoms with Crippen LogP contribution in [0.1, 0.15) is 32.6 Å². The summed E-state index contributed by atoms with van der Waals surface area (Å²) in [6.07, 6.45) is 4.35. The third-order valence-electron chi connectivity index (χ3n) is 3.11. The molecule has 0 aromatic rings. The summed E-state index contributed by atoms with van der Waals surface area (Å²) in [6, 6.07) is 0. The number of hydrogen-bond acceptors (Lipinski definition) is 4. The molecular formula is C12H25ClN2O3S. The SMILES string of the molecule is CCCNCCNC(=O)CC1(CS(C)(=O)=O)CC1.Cl. The summed E-state index contributed by atoms with van der Waals surface area (Å²) in [5.74, 6) is 0.107. The van der Waals surface area contributed by atoms with Gasteiger partial charge in [-0.3, -0.25) is 4.79 Å². The van der Waals surface area contributed by atoms with Crippen molar-refractivity contribution in [2.45, 2.75) is 32.6 Å². The molecule has 1 rings (SSSR count). The van der Waals surface area contributed by atoms with E-state index in [0.29, 0.717) is 13.0 Å². The number of carbonyl (C=O) groups excluding carboxylic acids is 1. The van der Waals surface area contributed by atoms with Gasteiger partial charge in [0, 0.05) is 25.8 Å². The molecule has 2 N–H and O–H groups in total. The summed E-state index contributed by atoms with van der Waals surface area (Å²) in [5.41, 5.74) is -0.269. The Kier molecular flexibility index (Phi) is 7.93. The van der Waals surface area contributed by atoms with Crippen molar-refractivity contribution in [1.29, 1.82) is 0 Å². The maximum Gasteiger partial charge on any atom is 0.220 e. The lowest BCUT2D eigenvalue weighted by atomic mass is 10.1. The molecule has 0 unspecified atom stereocenters. The molecule has 114 valence electrons. The molecular weight excluding hydrogens is 288 g/mol. The van der Waals surface area contributed by atoms with Crippen LogP contribution in [0.15, 0.2) is 0 Å². The number of halogens is 1. The summed E-state index contributed by atoms with van der Waals surface area (Å²) >= 11 is 0. The second-order valence-electron chi connectivity index (χ2n) is 5.35. The largest absolute Gasteiger partial charge is 0.355 e. The van der Waals surface area contributed by atoms with E-state index in [-0.39, 0.29) is 29.5 Å². The minimum absolute atomic E-state index is 0. The van der Waals surface area contributed by atoms with Crippen LogP contribution in [0.3, 0.4) is 0 Å². The zero-order valence-corrected chi connectivity index (χ0v) is 13.3. The molecule has 1 saturated carbocycles. The normalized spacial score (nSPS) is 16.5. The molecule has 0 saturated heterocycles. The van der Waals surface area contributed by atoms with Crippen molar-refractivity contribution in [3.63, 3.8) is 0 Å². The average molecular weight is 313 g/mol. The Morgan fingerprint density at radius 1 is 1.21 bits per heavy atom. The van der Waals surface area contributed by atoms with Gasteiger partial charge in [0.1, 0.15) is 9.84 Å². The Balaban J connectivity index is 0.00000324. The molecule has 0 aromatic heterocycles. The molecule has 0 spiro atoms. The Hall–Kier alpha value is -0.330. The molecule has 5 nitrogen and oxygen atoms in total. The molecule has 0 aromatic carbocycles. The molecule has 0 radical (unpaired) electrons. The molecule has 1 fully saturated rings. The molecule has 0 heterocycles. The van der Waals surface area contributed by atoms with Crippen LogP contribution in [0.5, 0.6) is 0 Å². The van der Waals surface area contributed by atoms with E-state index in [1.165, 1.54) is 6.26 Å². The van der Waals surface area contributed by atoms with Gasteiger partial charge in [0.05, 0.1) is 5.75 Å². The van der Waals surface area contributed by atoms with E-state index in [4.69, 9.17) is 0 Å². The fourth-order valence-corrected chi connectivity index (χ4v) is 3.60. The Morgan fingerprint density at radius 3 is 2.32 bits per heavy atom. The van der Waals surface area contributed by atoms with Gasteiger partial charge in [-0.15, -0.1) is 12.4 Å². The predicted molar refractivity (Wildman–Crippen MR) is 79.4 cm³/mol. The molecule has 0 aliphatic heterocycles. The molecule has 1 amide bonds. The van der Waals surface area contributed by atoms with Crippen LogP contribution < -0.4 is 10.6 Å². The lowest BCUT2D eigenvalue weighted by molar-refractivity contribution is -0.122. The highest BCUT2D eigenvalue weighted by molar-refractivity contribution is 7.90. The van der Waals surface area contributed by atoms with Gasteiger partial charge in [-0.25, -0.2) is 8.42 Å². The van der Waals surface area contributed by atoms with Crippen LogP contribution in [-0.2, 0) is 14.6 Å². The van der Waals surface area contributed by atoms with E-state index in [2.05, 4.69) is 17.6 Å². The quantitative estimate of drug-likeness (QED) is 0.616. The van der Waals surface area contributed by atoms with Crippen LogP contribution in [0.2, 0.25) is 0 Å². The van der Waals surface area contributed by atoms with E-state index in [9.17, 15) is 13.2 Å². The third kappa shape index (κ3) is 8.44. The van der Waals surface area contributed by atoms with E-state index >= 15 is 0 Å². The van der Waals surface area contributed by atoms with Crippen LogP contribution in [-0.4, -0.2) is 46.0 Å². The first kappa shape index (κ1) is 18.7. The zero-order valence-electron chi connectivity index (χ0n) is 11.7. The molecule has 1 aliphatic rings. The van der Waals surface area contributed by atoms with Gasteiger partial charge in [-0.1, -0.05) is 6.92 Å². The highest BCUT2D eigenvalue weighted by Crippen LogP contribution is 2.49. The topological polar surface area (TPSA) is 75.3 Å².